The second-order valence-corrected chi connectivity index (χ2v) is 7.78. The maximum Gasteiger partial charge on any atom is 0.573 e. The van der Waals surface area contributed by atoms with Crippen LogP contribution < -0.4 is 20.1 Å². The van der Waals surface area contributed by atoms with Crippen LogP contribution in [0.3, 0.4) is 0 Å². The third kappa shape index (κ3) is 5.14. The molecule has 0 aromatic heterocycles. The number of alkyl halides is 3. The van der Waals surface area contributed by atoms with Crippen LogP contribution >= 0.6 is 11.6 Å². The molecule has 1 heterocycles. The van der Waals surface area contributed by atoms with Crippen LogP contribution in [0.15, 0.2) is 36.4 Å². The van der Waals surface area contributed by atoms with Gasteiger partial charge in [-0.3, -0.25) is 14.5 Å². The van der Waals surface area contributed by atoms with E-state index in [4.69, 9.17) is 16.3 Å². The fourth-order valence-electron chi connectivity index (χ4n) is 3.29. The number of nitrogens with one attached hydrogen (secondary N) is 2. The lowest BCUT2D eigenvalue weighted by Crippen LogP contribution is -2.42. The number of aryl methyl sites for hydroxylation is 1. The lowest BCUT2D eigenvalue weighted by molar-refractivity contribution is -0.274. The van der Waals surface area contributed by atoms with Crippen LogP contribution in [0.25, 0.3) is 0 Å². The van der Waals surface area contributed by atoms with Crippen molar-refractivity contribution >= 4 is 35.1 Å². The number of hydrogen-bond acceptors (Lipinski definition) is 5. The van der Waals surface area contributed by atoms with E-state index in [0.717, 1.165) is 12.1 Å². The van der Waals surface area contributed by atoms with Gasteiger partial charge in [-0.15, -0.1) is 13.2 Å². The predicted octanol–water partition coefficient (Wildman–Crippen LogP) is 3.96. The molecule has 176 valence electrons. The second-order valence-electron chi connectivity index (χ2n) is 7.37. The van der Waals surface area contributed by atoms with E-state index in [-0.39, 0.29) is 5.56 Å². The Morgan fingerprint density at radius 2 is 1.85 bits per heavy atom. The largest absolute Gasteiger partial charge is 0.573 e. The first-order chi connectivity index (χ1) is 15.3. The van der Waals surface area contributed by atoms with Gasteiger partial charge in [0.2, 0.25) is 5.91 Å². The monoisotopic (exact) mass is 485 g/mol. The van der Waals surface area contributed by atoms with Gasteiger partial charge in [0.05, 0.1) is 12.8 Å². The molecule has 0 spiro atoms. The van der Waals surface area contributed by atoms with Crippen LogP contribution in [0.2, 0.25) is 5.02 Å². The summed E-state index contributed by atoms with van der Waals surface area (Å²) in [6.07, 6.45) is -4.86. The zero-order valence-electron chi connectivity index (χ0n) is 17.7. The Kier molecular flexibility index (Phi) is 6.46. The number of carbonyl (C=O) groups is 3. The van der Waals surface area contributed by atoms with Crippen molar-refractivity contribution in [1.82, 2.24) is 10.2 Å². The molecule has 33 heavy (non-hydrogen) atoms. The molecule has 1 unspecified atom stereocenters. The molecular weight excluding hydrogens is 467 g/mol. The maximum absolute atomic E-state index is 13.0. The standard InChI is InChI=1S/C21H19ClF3N3O5/c1-11-8-15(16(32-3)9-14(11)22)26-17(29)10-28-18(30)20(2,27-19(28)31)12-4-6-13(7-5-12)33-21(23,24)25/h4-9H,10H2,1-3H3,(H,26,29)(H,27,31). The highest BCUT2D eigenvalue weighted by Crippen LogP contribution is 2.33. The van der Waals surface area contributed by atoms with Gasteiger partial charge in [-0.25, -0.2) is 4.79 Å². The molecule has 0 aliphatic carbocycles. The molecule has 1 saturated heterocycles. The van der Waals surface area contributed by atoms with Crippen LogP contribution in [0.4, 0.5) is 23.7 Å². The predicted molar refractivity (Wildman–Crippen MR) is 112 cm³/mol. The van der Waals surface area contributed by atoms with Crippen LogP contribution in [0.1, 0.15) is 18.1 Å². The first kappa shape index (κ1) is 24.2. The average molecular weight is 486 g/mol. The molecule has 1 fully saturated rings. The van der Waals surface area contributed by atoms with Crippen LogP contribution in [-0.4, -0.2) is 42.8 Å². The van der Waals surface area contributed by atoms with E-state index in [0.29, 0.717) is 26.9 Å². The number of ether oxygens (including phenoxy) is 2. The Labute approximate surface area is 191 Å². The smallest absolute Gasteiger partial charge is 0.495 e. The number of rotatable bonds is 6. The van der Waals surface area contributed by atoms with E-state index in [2.05, 4.69) is 15.4 Å². The maximum atomic E-state index is 13.0. The van der Waals surface area contributed by atoms with Crippen molar-refractivity contribution in [2.45, 2.75) is 25.7 Å². The topological polar surface area (TPSA) is 97.0 Å². The summed E-state index contributed by atoms with van der Waals surface area (Å²) in [5, 5.41) is 5.48. The molecule has 0 saturated carbocycles. The van der Waals surface area contributed by atoms with Gasteiger partial charge >= 0.3 is 12.4 Å². The average Bonchev–Trinajstić information content (AvgIpc) is 2.93. The van der Waals surface area contributed by atoms with E-state index >= 15 is 0 Å². The fraction of sp³-hybridized carbons (Fsp3) is 0.286. The Hall–Kier alpha value is -3.47. The number of amides is 4. The highest BCUT2D eigenvalue weighted by Gasteiger charge is 2.49. The first-order valence-electron chi connectivity index (χ1n) is 9.48. The summed E-state index contributed by atoms with van der Waals surface area (Å²) in [4.78, 5) is 38.7. The third-order valence-electron chi connectivity index (χ3n) is 5.00. The van der Waals surface area contributed by atoms with Crippen LogP contribution in [0.5, 0.6) is 11.5 Å². The van der Waals surface area contributed by atoms with Crippen molar-refractivity contribution in [3.63, 3.8) is 0 Å². The zero-order valence-corrected chi connectivity index (χ0v) is 18.4. The number of hydrogen-bond donors (Lipinski definition) is 2. The number of nitrogens with zero attached hydrogens (tertiary/aromatic N) is 1. The first-order valence-corrected chi connectivity index (χ1v) is 9.86. The second kappa shape index (κ2) is 8.81. The molecule has 2 N–H and O–H groups in total. The third-order valence-corrected chi connectivity index (χ3v) is 5.40. The van der Waals surface area contributed by atoms with E-state index in [1.807, 2.05) is 0 Å². The minimum atomic E-state index is -4.86. The van der Waals surface area contributed by atoms with Crippen LogP contribution in [0, 0.1) is 6.92 Å². The SMILES string of the molecule is COc1cc(Cl)c(C)cc1NC(=O)CN1C(=O)NC(C)(c2ccc(OC(F)(F)F)cc2)C1=O. The van der Waals surface area contributed by atoms with E-state index in [1.165, 1.54) is 32.2 Å². The molecule has 1 aliphatic heterocycles. The molecule has 1 aliphatic rings. The number of anilines is 1. The van der Waals surface area contributed by atoms with E-state index in [9.17, 15) is 27.6 Å². The molecule has 0 bridgehead atoms. The molecular formula is C21H19ClF3N3O5. The summed E-state index contributed by atoms with van der Waals surface area (Å²) in [7, 11) is 1.39. The quantitative estimate of drug-likeness (QED) is 0.604. The van der Waals surface area contributed by atoms with Gasteiger partial charge in [-0.2, -0.15) is 0 Å². The summed E-state index contributed by atoms with van der Waals surface area (Å²) >= 11 is 6.05. The highest BCUT2D eigenvalue weighted by molar-refractivity contribution is 6.31. The normalized spacial score (nSPS) is 18.2. The Balaban J connectivity index is 1.75. The van der Waals surface area contributed by atoms with Crippen molar-refractivity contribution in [3.05, 3.63) is 52.5 Å². The van der Waals surface area contributed by atoms with Crippen molar-refractivity contribution in [2.75, 3.05) is 19.0 Å². The summed E-state index contributed by atoms with van der Waals surface area (Å²) in [6, 6.07) is 6.78. The molecule has 2 aromatic carbocycles. The summed E-state index contributed by atoms with van der Waals surface area (Å²) < 4.78 is 46.1. The van der Waals surface area contributed by atoms with Gasteiger partial charge in [0.1, 0.15) is 23.6 Å². The van der Waals surface area contributed by atoms with Gasteiger partial charge < -0.3 is 20.1 Å². The molecule has 2 aromatic rings. The Morgan fingerprint density at radius 1 is 1.21 bits per heavy atom. The summed E-state index contributed by atoms with van der Waals surface area (Å²) in [5.41, 5.74) is -0.385. The molecule has 1 atom stereocenters. The molecule has 12 heteroatoms. The van der Waals surface area contributed by atoms with Crippen LogP contribution in [-0.2, 0) is 15.1 Å². The lowest BCUT2D eigenvalue weighted by atomic mass is 9.92. The van der Waals surface area contributed by atoms with Crippen molar-refractivity contribution in [2.24, 2.45) is 0 Å². The Morgan fingerprint density at radius 3 is 2.42 bits per heavy atom. The van der Waals surface area contributed by atoms with Crippen molar-refractivity contribution in [3.8, 4) is 11.5 Å². The van der Waals surface area contributed by atoms with Crippen molar-refractivity contribution in [1.29, 1.82) is 0 Å². The molecule has 4 amide bonds. The van der Waals surface area contributed by atoms with Crippen molar-refractivity contribution < 1.29 is 37.0 Å². The number of halogens is 4. The minimum absolute atomic E-state index is 0.216. The number of methoxy groups -OCH3 is 1. The highest BCUT2D eigenvalue weighted by atomic mass is 35.5. The van der Waals surface area contributed by atoms with Gasteiger partial charge in [-0.05, 0) is 43.2 Å². The molecule has 3 rings (SSSR count). The lowest BCUT2D eigenvalue weighted by Gasteiger charge is -2.22. The zero-order chi connectivity index (χ0) is 24.6. The summed E-state index contributed by atoms with van der Waals surface area (Å²) in [5.74, 6) is -1.60. The molecule has 8 nitrogen and oxygen atoms in total. The fourth-order valence-corrected chi connectivity index (χ4v) is 3.44. The number of imide groups is 1. The number of carbonyl (C=O) groups excluding carboxylic acids is 3. The van der Waals surface area contributed by atoms with Gasteiger partial charge in [0.25, 0.3) is 5.91 Å². The number of benzene rings is 2. The van der Waals surface area contributed by atoms with Gasteiger partial charge in [0, 0.05) is 11.1 Å². The minimum Gasteiger partial charge on any atom is -0.495 e. The van der Waals surface area contributed by atoms with E-state index in [1.54, 1.807) is 13.0 Å². The molecule has 0 radical (unpaired) electrons. The van der Waals surface area contributed by atoms with E-state index < -0.39 is 42.0 Å². The number of urea groups is 1. The summed E-state index contributed by atoms with van der Waals surface area (Å²) in [6.45, 7) is 2.52. The van der Waals surface area contributed by atoms with Gasteiger partial charge in [0.15, 0.2) is 0 Å². The van der Waals surface area contributed by atoms with Gasteiger partial charge in [-0.1, -0.05) is 23.7 Å². The Bertz CT molecular complexity index is 1110.